The minimum atomic E-state index is -3.02. The number of likely N-dealkylation sites (N-methyl/N-ethyl adjacent to an activating group) is 1. The fourth-order valence-electron chi connectivity index (χ4n) is 2.55. The highest BCUT2D eigenvalue weighted by Crippen LogP contribution is 2.22. The Hall–Kier alpha value is -1.28. The summed E-state index contributed by atoms with van der Waals surface area (Å²) in [6.07, 6.45) is 0.693. The van der Waals surface area contributed by atoms with Crippen LogP contribution in [-0.4, -0.2) is 43.1 Å². The lowest BCUT2D eigenvalue weighted by molar-refractivity contribution is 0.377. The average Bonchev–Trinajstić information content (AvgIpc) is 3.08. The fourth-order valence-corrected chi connectivity index (χ4v) is 4.81. The Kier molecular flexibility index (Phi) is 4.58. The number of nitrogens with one attached hydrogen (secondary N) is 1. The zero-order chi connectivity index (χ0) is 15.6. The molecule has 1 aliphatic heterocycles. The van der Waals surface area contributed by atoms with E-state index in [0.29, 0.717) is 19.5 Å². The van der Waals surface area contributed by atoms with E-state index >= 15 is 0 Å². The van der Waals surface area contributed by atoms with Gasteiger partial charge in [0.1, 0.15) is 5.01 Å². The maximum atomic E-state index is 11.7. The van der Waals surface area contributed by atoms with E-state index < -0.39 is 10.0 Å². The highest BCUT2D eigenvalue weighted by molar-refractivity contribution is 7.89. The summed E-state index contributed by atoms with van der Waals surface area (Å²) in [5.74, 6) is 0.255. The Morgan fingerprint density at radius 3 is 2.82 bits per heavy atom. The molecular formula is C15H19N3O2S2. The first-order chi connectivity index (χ1) is 10.6. The van der Waals surface area contributed by atoms with E-state index in [0.717, 1.165) is 16.3 Å². The number of sulfonamides is 1. The molecule has 22 heavy (non-hydrogen) atoms. The Balaban J connectivity index is 1.54. The summed E-state index contributed by atoms with van der Waals surface area (Å²) in [7, 11) is -1.36. The van der Waals surface area contributed by atoms with Gasteiger partial charge in [-0.15, -0.1) is 11.3 Å². The second-order valence-corrected chi connectivity index (χ2v) is 8.49. The first kappa shape index (κ1) is 15.6. The smallest absolute Gasteiger partial charge is 0.214 e. The van der Waals surface area contributed by atoms with Crippen LogP contribution in [0, 0.1) is 0 Å². The summed E-state index contributed by atoms with van der Waals surface area (Å²) < 4.78 is 24.8. The van der Waals surface area contributed by atoms with E-state index in [-0.39, 0.29) is 11.8 Å². The van der Waals surface area contributed by atoms with Gasteiger partial charge in [0.15, 0.2) is 0 Å². The van der Waals surface area contributed by atoms with Gasteiger partial charge >= 0.3 is 0 Å². The number of thiazole rings is 1. The summed E-state index contributed by atoms with van der Waals surface area (Å²) in [6, 6.07) is 10.1. The van der Waals surface area contributed by atoms with Gasteiger partial charge in [-0.1, -0.05) is 30.3 Å². The first-order valence-electron chi connectivity index (χ1n) is 7.22. The lowest BCUT2D eigenvalue weighted by atomic mass is 10.2. The highest BCUT2D eigenvalue weighted by atomic mass is 32.2. The molecule has 1 N–H and O–H groups in total. The quantitative estimate of drug-likeness (QED) is 0.906. The van der Waals surface area contributed by atoms with E-state index in [9.17, 15) is 8.42 Å². The van der Waals surface area contributed by atoms with E-state index in [1.54, 1.807) is 18.4 Å². The molecule has 3 rings (SSSR count). The van der Waals surface area contributed by atoms with Gasteiger partial charge in [-0.2, -0.15) is 0 Å². The van der Waals surface area contributed by atoms with Crippen molar-refractivity contribution in [3.05, 3.63) is 40.7 Å². The Morgan fingerprint density at radius 2 is 2.14 bits per heavy atom. The second kappa shape index (κ2) is 6.45. The number of hydrogen-bond donors (Lipinski definition) is 1. The van der Waals surface area contributed by atoms with Crippen LogP contribution >= 0.6 is 11.3 Å². The summed E-state index contributed by atoms with van der Waals surface area (Å²) in [4.78, 5) is 4.62. The Labute approximate surface area is 135 Å². The van der Waals surface area contributed by atoms with Crippen molar-refractivity contribution in [2.24, 2.45) is 0 Å². The second-order valence-electron chi connectivity index (χ2n) is 5.40. The molecule has 2 heterocycles. The molecule has 0 amide bonds. The van der Waals surface area contributed by atoms with Crippen LogP contribution in [0.4, 0.5) is 0 Å². The molecule has 1 unspecified atom stereocenters. The van der Waals surface area contributed by atoms with Gasteiger partial charge in [0.05, 0.1) is 11.4 Å². The van der Waals surface area contributed by atoms with Crippen LogP contribution in [0.1, 0.15) is 11.4 Å². The molecule has 7 heteroatoms. The van der Waals surface area contributed by atoms with Gasteiger partial charge < -0.3 is 5.32 Å². The van der Waals surface area contributed by atoms with Gasteiger partial charge in [-0.05, 0) is 6.42 Å². The van der Waals surface area contributed by atoms with Crippen molar-refractivity contribution < 1.29 is 8.42 Å². The SMILES string of the molecule is CN1C(CNCc2nc(-c3ccccc3)cs2)CCS1(=O)=O. The number of benzene rings is 1. The lowest BCUT2D eigenvalue weighted by Crippen LogP contribution is -2.37. The Bertz CT molecular complexity index is 728. The van der Waals surface area contributed by atoms with Crippen molar-refractivity contribution in [1.29, 1.82) is 0 Å². The fraction of sp³-hybridized carbons (Fsp3) is 0.400. The predicted molar refractivity (Wildman–Crippen MR) is 89.2 cm³/mol. The molecule has 0 radical (unpaired) electrons. The van der Waals surface area contributed by atoms with Gasteiger partial charge in [-0.3, -0.25) is 0 Å². The average molecular weight is 337 g/mol. The predicted octanol–water partition coefficient (Wildman–Crippen LogP) is 1.93. The molecule has 1 aliphatic rings. The van der Waals surface area contributed by atoms with Crippen molar-refractivity contribution in [1.82, 2.24) is 14.6 Å². The number of aromatic nitrogens is 1. The van der Waals surface area contributed by atoms with E-state index in [2.05, 4.69) is 15.7 Å². The third-order valence-corrected chi connectivity index (χ3v) is 6.72. The van der Waals surface area contributed by atoms with E-state index in [4.69, 9.17) is 0 Å². The third kappa shape index (κ3) is 3.38. The summed E-state index contributed by atoms with van der Waals surface area (Å²) in [5.41, 5.74) is 2.11. The van der Waals surface area contributed by atoms with Crippen LogP contribution in [0.2, 0.25) is 0 Å². The van der Waals surface area contributed by atoms with E-state index in [1.165, 1.54) is 4.31 Å². The molecule has 1 atom stereocenters. The van der Waals surface area contributed by atoms with Crippen LogP contribution in [0.25, 0.3) is 11.3 Å². The minimum Gasteiger partial charge on any atom is -0.309 e. The van der Waals surface area contributed by atoms with Crippen molar-refractivity contribution in [2.45, 2.75) is 19.0 Å². The normalized spacial score (nSPS) is 21.2. The highest BCUT2D eigenvalue weighted by Gasteiger charge is 2.33. The van der Waals surface area contributed by atoms with Crippen LogP contribution in [-0.2, 0) is 16.6 Å². The standard InChI is InChI=1S/C15H19N3O2S2/c1-18-13(7-8-22(18,19)20)9-16-10-15-17-14(11-21-15)12-5-3-2-4-6-12/h2-6,11,13,16H,7-10H2,1H3. The lowest BCUT2D eigenvalue weighted by Gasteiger charge is -2.17. The largest absolute Gasteiger partial charge is 0.309 e. The molecule has 118 valence electrons. The molecule has 5 nitrogen and oxygen atoms in total. The maximum absolute atomic E-state index is 11.7. The number of hydrogen-bond acceptors (Lipinski definition) is 5. The van der Waals surface area contributed by atoms with E-state index in [1.807, 2.05) is 30.3 Å². The van der Waals surface area contributed by atoms with Crippen molar-refractivity contribution in [3.63, 3.8) is 0 Å². The van der Waals surface area contributed by atoms with Crippen molar-refractivity contribution >= 4 is 21.4 Å². The van der Waals surface area contributed by atoms with Gasteiger partial charge in [0.2, 0.25) is 10.0 Å². The zero-order valence-electron chi connectivity index (χ0n) is 12.4. The molecule has 2 aromatic rings. The van der Waals surface area contributed by atoms with Crippen LogP contribution in [0.15, 0.2) is 35.7 Å². The van der Waals surface area contributed by atoms with Crippen molar-refractivity contribution in [2.75, 3.05) is 19.3 Å². The van der Waals surface area contributed by atoms with Gasteiger partial charge in [0, 0.05) is 37.1 Å². The van der Waals surface area contributed by atoms with Crippen molar-refractivity contribution in [3.8, 4) is 11.3 Å². The van der Waals surface area contributed by atoms with Crippen LogP contribution in [0.5, 0.6) is 0 Å². The molecule has 1 saturated heterocycles. The van der Waals surface area contributed by atoms with Gasteiger partial charge in [-0.25, -0.2) is 17.7 Å². The summed E-state index contributed by atoms with van der Waals surface area (Å²) in [5, 5.41) is 6.39. The molecular weight excluding hydrogens is 318 g/mol. The zero-order valence-corrected chi connectivity index (χ0v) is 14.0. The molecule has 0 saturated carbocycles. The Morgan fingerprint density at radius 1 is 1.36 bits per heavy atom. The molecule has 0 aliphatic carbocycles. The minimum absolute atomic E-state index is 0.0542. The summed E-state index contributed by atoms with van der Waals surface area (Å²) in [6.45, 7) is 1.33. The molecule has 1 aromatic heterocycles. The number of rotatable bonds is 5. The summed E-state index contributed by atoms with van der Waals surface area (Å²) >= 11 is 1.62. The van der Waals surface area contributed by atoms with Crippen LogP contribution in [0.3, 0.4) is 0 Å². The monoisotopic (exact) mass is 337 g/mol. The van der Waals surface area contributed by atoms with Gasteiger partial charge in [0.25, 0.3) is 0 Å². The third-order valence-electron chi connectivity index (χ3n) is 3.94. The molecule has 1 aromatic carbocycles. The molecule has 0 bridgehead atoms. The topological polar surface area (TPSA) is 62.3 Å². The molecule has 0 spiro atoms. The number of nitrogens with zero attached hydrogens (tertiary/aromatic N) is 2. The van der Waals surface area contributed by atoms with Crippen LogP contribution < -0.4 is 5.32 Å². The maximum Gasteiger partial charge on any atom is 0.214 e. The first-order valence-corrected chi connectivity index (χ1v) is 9.71. The molecule has 1 fully saturated rings.